The Hall–Kier alpha value is -0.980. The van der Waals surface area contributed by atoms with Crippen LogP contribution in [0.15, 0.2) is 0 Å². The number of hydrogen-bond donors (Lipinski definition) is 1. The van der Waals surface area contributed by atoms with Crippen LogP contribution in [0.2, 0.25) is 10.0 Å². The Bertz CT molecular complexity index is 486. The zero-order valence-electron chi connectivity index (χ0n) is 9.09. The van der Waals surface area contributed by atoms with Crippen molar-refractivity contribution in [2.75, 3.05) is 18.0 Å². The largest absolute Gasteiger partial charge is 0.330 e. The molecule has 1 fully saturated rings. The Balaban J connectivity index is 2.48. The first-order valence-corrected chi connectivity index (χ1v) is 5.91. The van der Waals surface area contributed by atoms with E-state index in [4.69, 9.17) is 28.9 Å². The number of carbonyl (C=O) groups excluding carboxylic acids is 1. The van der Waals surface area contributed by atoms with Crippen LogP contribution in [-0.4, -0.2) is 24.0 Å². The fraction of sp³-hybridized carbons (Fsp3) is 0.400. The van der Waals surface area contributed by atoms with Crippen LogP contribution in [0.5, 0.6) is 0 Å². The molecule has 1 aromatic rings. The summed E-state index contributed by atoms with van der Waals surface area (Å²) in [7, 11) is 0. The topological polar surface area (TPSA) is 59.2 Å². The Kier molecular flexibility index (Phi) is 3.70. The van der Waals surface area contributed by atoms with Gasteiger partial charge in [0, 0.05) is 13.0 Å². The summed E-state index contributed by atoms with van der Waals surface area (Å²) in [5, 5.41) is -0.931. The highest BCUT2D eigenvalue weighted by molar-refractivity contribution is 6.39. The SMILES string of the molecule is NCC1CC(=O)N(c2c(Cl)c(F)nc(F)c2Cl)C1. The zero-order chi connectivity index (χ0) is 13.4. The lowest BCUT2D eigenvalue weighted by molar-refractivity contribution is -0.117. The van der Waals surface area contributed by atoms with Crippen LogP contribution < -0.4 is 10.6 Å². The van der Waals surface area contributed by atoms with Gasteiger partial charge in [0.25, 0.3) is 0 Å². The standard InChI is InChI=1S/C10H9Cl2F2N3O/c11-6-8(7(12)10(14)16-9(6)13)17-3-4(2-15)1-5(17)18/h4H,1-3,15H2. The summed E-state index contributed by atoms with van der Waals surface area (Å²) in [6.07, 6.45) is 0.203. The lowest BCUT2D eigenvalue weighted by atomic mass is 10.1. The van der Waals surface area contributed by atoms with Gasteiger partial charge in [-0.25, -0.2) is 0 Å². The normalized spacial score (nSPS) is 19.7. The van der Waals surface area contributed by atoms with E-state index < -0.39 is 21.9 Å². The van der Waals surface area contributed by atoms with Gasteiger partial charge in [0.1, 0.15) is 10.0 Å². The Morgan fingerprint density at radius 3 is 2.33 bits per heavy atom. The van der Waals surface area contributed by atoms with Gasteiger partial charge in [0.05, 0.1) is 5.69 Å². The fourth-order valence-electron chi connectivity index (χ4n) is 1.87. The zero-order valence-corrected chi connectivity index (χ0v) is 10.6. The van der Waals surface area contributed by atoms with Crippen molar-refractivity contribution >= 4 is 34.8 Å². The Morgan fingerprint density at radius 1 is 1.33 bits per heavy atom. The van der Waals surface area contributed by atoms with Crippen molar-refractivity contribution in [3.63, 3.8) is 0 Å². The summed E-state index contributed by atoms with van der Waals surface area (Å²) in [5.41, 5.74) is 5.29. The van der Waals surface area contributed by atoms with E-state index in [1.807, 2.05) is 0 Å². The van der Waals surface area contributed by atoms with E-state index in [0.29, 0.717) is 6.54 Å². The Morgan fingerprint density at radius 2 is 1.89 bits per heavy atom. The van der Waals surface area contributed by atoms with Crippen LogP contribution in [0, 0.1) is 17.8 Å². The molecule has 1 aliphatic rings. The van der Waals surface area contributed by atoms with Crippen molar-refractivity contribution in [2.24, 2.45) is 11.7 Å². The third-order valence-corrected chi connectivity index (χ3v) is 3.45. The average Bonchev–Trinajstić information content (AvgIpc) is 2.69. The van der Waals surface area contributed by atoms with Gasteiger partial charge in [-0.2, -0.15) is 13.8 Å². The van der Waals surface area contributed by atoms with Crippen molar-refractivity contribution in [3.8, 4) is 0 Å². The number of nitrogens with two attached hydrogens (primary N) is 1. The minimum atomic E-state index is -1.20. The molecule has 1 atom stereocenters. The molecule has 1 saturated heterocycles. The van der Waals surface area contributed by atoms with E-state index in [0.717, 1.165) is 4.90 Å². The second kappa shape index (κ2) is 4.95. The lowest BCUT2D eigenvalue weighted by Crippen LogP contribution is -2.27. The monoisotopic (exact) mass is 295 g/mol. The number of hydrogen-bond acceptors (Lipinski definition) is 3. The molecule has 0 spiro atoms. The summed E-state index contributed by atoms with van der Waals surface area (Å²) in [6.45, 7) is 0.533. The van der Waals surface area contributed by atoms with Gasteiger partial charge < -0.3 is 10.6 Å². The molecular weight excluding hydrogens is 287 g/mol. The predicted octanol–water partition coefficient (Wildman–Crippen LogP) is 1.98. The average molecular weight is 296 g/mol. The van der Waals surface area contributed by atoms with Crippen molar-refractivity contribution in [2.45, 2.75) is 6.42 Å². The molecule has 2 rings (SSSR count). The Labute approximate surface area is 112 Å². The van der Waals surface area contributed by atoms with Gasteiger partial charge >= 0.3 is 0 Å². The quantitative estimate of drug-likeness (QED) is 0.849. The fourth-order valence-corrected chi connectivity index (χ4v) is 2.39. The number of pyridine rings is 1. The number of anilines is 1. The first-order chi connectivity index (χ1) is 8.45. The highest BCUT2D eigenvalue weighted by Gasteiger charge is 2.34. The smallest absolute Gasteiger partial charge is 0.236 e. The van der Waals surface area contributed by atoms with Crippen molar-refractivity contribution in [3.05, 3.63) is 21.9 Å². The first kappa shape index (κ1) is 13.5. The molecule has 0 radical (unpaired) electrons. The van der Waals surface area contributed by atoms with Gasteiger partial charge in [-0.3, -0.25) is 4.79 Å². The van der Waals surface area contributed by atoms with Gasteiger partial charge in [-0.15, -0.1) is 0 Å². The van der Waals surface area contributed by atoms with Crippen LogP contribution >= 0.6 is 23.2 Å². The molecule has 8 heteroatoms. The maximum atomic E-state index is 13.3. The summed E-state index contributed by atoms with van der Waals surface area (Å²) in [5.74, 6) is -2.79. The van der Waals surface area contributed by atoms with Gasteiger partial charge in [-0.05, 0) is 12.5 Å². The summed E-state index contributed by atoms with van der Waals surface area (Å²) < 4.78 is 26.6. The molecule has 0 aliphatic carbocycles. The summed E-state index contributed by atoms with van der Waals surface area (Å²) >= 11 is 11.4. The molecule has 0 aromatic carbocycles. The van der Waals surface area contributed by atoms with Crippen LogP contribution in [0.1, 0.15) is 6.42 Å². The third-order valence-electron chi connectivity index (χ3n) is 2.78. The molecule has 0 saturated carbocycles. The van der Waals surface area contributed by atoms with Crippen LogP contribution in [-0.2, 0) is 4.79 Å². The van der Waals surface area contributed by atoms with Crippen LogP contribution in [0.4, 0.5) is 14.5 Å². The molecular formula is C10H9Cl2F2N3O. The second-order valence-corrected chi connectivity index (χ2v) is 4.74. The second-order valence-electron chi connectivity index (χ2n) is 3.98. The number of carbonyl (C=O) groups is 1. The van der Waals surface area contributed by atoms with E-state index in [2.05, 4.69) is 4.98 Å². The van der Waals surface area contributed by atoms with Crippen LogP contribution in [0.3, 0.4) is 0 Å². The first-order valence-electron chi connectivity index (χ1n) is 5.16. The van der Waals surface area contributed by atoms with E-state index in [-0.39, 0.29) is 30.5 Å². The maximum Gasteiger partial charge on any atom is 0.236 e. The molecule has 2 N–H and O–H groups in total. The highest BCUT2D eigenvalue weighted by Crippen LogP contribution is 2.38. The minimum Gasteiger partial charge on any atom is -0.330 e. The molecule has 4 nitrogen and oxygen atoms in total. The van der Waals surface area contributed by atoms with Crippen molar-refractivity contribution in [1.29, 1.82) is 0 Å². The van der Waals surface area contributed by atoms with E-state index >= 15 is 0 Å². The van der Waals surface area contributed by atoms with Gasteiger partial charge in [-0.1, -0.05) is 23.2 Å². The number of nitrogens with zero attached hydrogens (tertiary/aromatic N) is 2. The predicted molar refractivity (Wildman–Crippen MR) is 63.7 cm³/mol. The van der Waals surface area contributed by atoms with Gasteiger partial charge in [0.2, 0.25) is 17.8 Å². The van der Waals surface area contributed by atoms with E-state index in [9.17, 15) is 13.6 Å². The molecule has 0 bridgehead atoms. The van der Waals surface area contributed by atoms with E-state index in [1.165, 1.54) is 0 Å². The van der Waals surface area contributed by atoms with Crippen molar-refractivity contribution < 1.29 is 13.6 Å². The third kappa shape index (κ3) is 2.15. The number of halogens is 4. The number of aromatic nitrogens is 1. The van der Waals surface area contributed by atoms with Crippen LogP contribution in [0.25, 0.3) is 0 Å². The summed E-state index contributed by atoms with van der Waals surface area (Å²) in [4.78, 5) is 15.8. The molecule has 98 valence electrons. The summed E-state index contributed by atoms with van der Waals surface area (Å²) in [6, 6.07) is 0. The minimum absolute atomic E-state index is 0.0797. The molecule has 1 aromatic heterocycles. The molecule has 1 aliphatic heterocycles. The van der Waals surface area contributed by atoms with Crippen molar-refractivity contribution in [1.82, 2.24) is 4.98 Å². The lowest BCUT2D eigenvalue weighted by Gasteiger charge is -2.19. The van der Waals surface area contributed by atoms with Gasteiger partial charge in [0.15, 0.2) is 0 Å². The molecule has 1 unspecified atom stereocenters. The molecule has 18 heavy (non-hydrogen) atoms. The molecule has 1 amide bonds. The van der Waals surface area contributed by atoms with E-state index in [1.54, 1.807) is 0 Å². The number of amides is 1. The molecule has 2 heterocycles. The number of rotatable bonds is 2. The highest BCUT2D eigenvalue weighted by atomic mass is 35.5. The maximum absolute atomic E-state index is 13.3.